The van der Waals surface area contributed by atoms with Crippen molar-refractivity contribution in [1.29, 1.82) is 0 Å². The summed E-state index contributed by atoms with van der Waals surface area (Å²) in [6.07, 6.45) is 0. The van der Waals surface area contributed by atoms with Crippen LogP contribution in [0.3, 0.4) is 0 Å². The second-order valence-electron chi connectivity index (χ2n) is 9.08. The van der Waals surface area contributed by atoms with Crippen molar-refractivity contribution in [2.24, 2.45) is 0 Å². The van der Waals surface area contributed by atoms with Crippen LogP contribution in [-0.2, 0) is 4.74 Å². The van der Waals surface area contributed by atoms with E-state index in [1.807, 2.05) is 61.5 Å². The molecule has 5 rings (SSSR count). The SMILES string of the molecule is COc1ccc(-c2cc(C(=O)OCC(=O)c3ccc(OC(=O)c4ccc(C)cc4)cc3)c3ccccc3n2)cc1. The maximum Gasteiger partial charge on any atom is 0.343 e. The summed E-state index contributed by atoms with van der Waals surface area (Å²) in [5.74, 6) is -0.510. The van der Waals surface area contributed by atoms with Crippen molar-refractivity contribution in [1.82, 2.24) is 4.98 Å². The number of pyridine rings is 1. The number of hydrogen-bond acceptors (Lipinski definition) is 7. The van der Waals surface area contributed by atoms with Gasteiger partial charge in [0.2, 0.25) is 0 Å². The fourth-order valence-corrected chi connectivity index (χ4v) is 4.11. The molecular formula is C33H25NO6. The molecule has 0 atom stereocenters. The van der Waals surface area contributed by atoms with Crippen molar-refractivity contribution in [3.63, 3.8) is 0 Å². The minimum atomic E-state index is -0.634. The summed E-state index contributed by atoms with van der Waals surface area (Å²) in [4.78, 5) is 42.9. The zero-order valence-corrected chi connectivity index (χ0v) is 21.9. The molecule has 0 bridgehead atoms. The number of carbonyl (C=O) groups excluding carboxylic acids is 3. The van der Waals surface area contributed by atoms with Gasteiger partial charge in [0.1, 0.15) is 11.5 Å². The molecule has 0 spiro atoms. The van der Waals surface area contributed by atoms with Crippen LogP contribution in [0.25, 0.3) is 22.2 Å². The molecule has 0 N–H and O–H groups in total. The van der Waals surface area contributed by atoms with Crippen LogP contribution in [0.5, 0.6) is 11.5 Å². The minimum absolute atomic E-state index is 0.299. The van der Waals surface area contributed by atoms with Gasteiger partial charge in [-0.05, 0) is 79.7 Å². The quantitative estimate of drug-likeness (QED) is 0.129. The highest BCUT2D eigenvalue weighted by molar-refractivity contribution is 6.06. The van der Waals surface area contributed by atoms with E-state index in [1.165, 1.54) is 24.3 Å². The smallest absolute Gasteiger partial charge is 0.343 e. The molecule has 0 aliphatic rings. The number of esters is 2. The number of rotatable bonds is 8. The molecule has 0 amide bonds. The van der Waals surface area contributed by atoms with E-state index < -0.39 is 24.3 Å². The third-order valence-electron chi connectivity index (χ3n) is 6.33. The molecule has 5 aromatic rings. The molecule has 7 nitrogen and oxygen atoms in total. The molecule has 0 unspecified atom stereocenters. The monoisotopic (exact) mass is 531 g/mol. The number of nitrogens with zero attached hydrogens (tertiary/aromatic N) is 1. The van der Waals surface area contributed by atoms with E-state index in [-0.39, 0.29) is 0 Å². The maximum absolute atomic E-state index is 13.1. The zero-order valence-electron chi connectivity index (χ0n) is 21.9. The Bertz CT molecular complexity index is 1690. The average Bonchev–Trinajstić information content (AvgIpc) is 2.99. The summed E-state index contributed by atoms with van der Waals surface area (Å²) >= 11 is 0. The predicted octanol–water partition coefficient (Wildman–Crippen LogP) is 6.48. The Morgan fingerprint density at radius 2 is 1.38 bits per heavy atom. The highest BCUT2D eigenvalue weighted by Gasteiger charge is 2.18. The number of carbonyl (C=O) groups is 3. The molecule has 0 aliphatic heterocycles. The highest BCUT2D eigenvalue weighted by Crippen LogP contribution is 2.27. The van der Waals surface area contributed by atoms with Gasteiger partial charge in [-0.25, -0.2) is 14.6 Å². The van der Waals surface area contributed by atoms with Gasteiger partial charge in [-0.1, -0.05) is 35.9 Å². The number of aryl methyl sites for hydroxylation is 1. The molecule has 1 aromatic heterocycles. The Kier molecular flexibility index (Phi) is 7.64. The Hall–Kier alpha value is -5.30. The first-order valence-corrected chi connectivity index (χ1v) is 12.5. The van der Waals surface area contributed by atoms with Crippen molar-refractivity contribution < 1.29 is 28.6 Å². The first kappa shape index (κ1) is 26.3. The van der Waals surface area contributed by atoms with E-state index in [9.17, 15) is 14.4 Å². The molecule has 1 heterocycles. The number of para-hydroxylation sites is 1. The average molecular weight is 532 g/mol. The van der Waals surface area contributed by atoms with Crippen molar-refractivity contribution in [3.05, 3.63) is 125 Å². The molecule has 0 saturated heterocycles. The summed E-state index contributed by atoms with van der Waals surface area (Å²) in [7, 11) is 1.59. The Morgan fingerprint density at radius 3 is 2.08 bits per heavy atom. The van der Waals surface area contributed by atoms with Crippen LogP contribution in [0.4, 0.5) is 0 Å². The van der Waals surface area contributed by atoms with Gasteiger partial charge in [-0.2, -0.15) is 0 Å². The summed E-state index contributed by atoms with van der Waals surface area (Å²) in [6, 6.07) is 29.4. The number of benzene rings is 4. The third-order valence-corrected chi connectivity index (χ3v) is 6.33. The maximum atomic E-state index is 13.1. The number of Topliss-reactive ketones (excluding diaryl/α,β-unsaturated/α-hetero) is 1. The van der Waals surface area contributed by atoms with Crippen LogP contribution in [-0.4, -0.2) is 36.4 Å². The number of ether oxygens (including phenoxy) is 3. The topological polar surface area (TPSA) is 91.8 Å². The van der Waals surface area contributed by atoms with Crippen LogP contribution in [0.15, 0.2) is 103 Å². The van der Waals surface area contributed by atoms with E-state index in [0.717, 1.165) is 11.1 Å². The second kappa shape index (κ2) is 11.6. The molecule has 198 valence electrons. The largest absolute Gasteiger partial charge is 0.497 e. The van der Waals surface area contributed by atoms with Gasteiger partial charge < -0.3 is 14.2 Å². The van der Waals surface area contributed by atoms with Gasteiger partial charge in [0.05, 0.1) is 29.4 Å². The summed E-state index contributed by atoms with van der Waals surface area (Å²) in [5.41, 5.74) is 4.12. The van der Waals surface area contributed by atoms with Crippen molar-refractivity contribution in [2.45, 2.75) is 6.92 Å². The lowest BCUT2D eigenvalue weighted by molar-refractivity contribution is 0.0476. The number of aromatic nitrogens is 1. The molecule has 4 aromatic carbocycles. The van der Waals surface area contributed by atoms with Crippen LogP contribution >= 0.6 is 0 Å². The summed E-state index contributed by atoms with van der Waals surface area (Å²) in [5, 5.41) is 0.622. The van der Waals surface area contributed by atoms with E-state index in [2.05, 4.69) is 4.98 Å². The Morgan fingerprint density at radius 1 is 0.725 bits per heavy atom. The molecule has 7 heteroatoms. The minimum Gasteiger partial charge on any atom is -0.497 e. The van der Waals surface area contributed by atoms with Gasteiger partial charge in [-0.15, -0.1) is 0 Å². The first-order chi connectivity index (χ1) is 19.4. The fraction of sp³-hybridized carbons (Fsp3) is 0.0909. The standard InChI is InChI=1S/C33H25NO6/c1-21-7-9-24(10-8-21)32(36)40-26-17-13-23(14-18-26)31(35)20-39-33(37)28-19-30(22-11-15-25(38-2)16-12-22)34-29-6-4-3-5-27(28)29/h3-19H,20H2,1-2H3. The lowest BCUT2D eigenvalue weighted by Gasteiger charge is -2.11. The number of fused-ring (bicyclic) bond motifs is 1. The first-order valence-electron chi connectivity index (χ1n) is 12.5. The second-order valence-corrected chi connectivity index (χ2v) is 9.08. The van der Waals surface area contributed by atoms with Gasteiger partial charge in [0.15, 0.2) is 12.4 Å². The normalized spacial score (nSPS) is 10.7. The van der Waals surface area contributed by atoms with Gasteiger partial charge in [0.25, 0.3) is 0 Å². The predicted molar refractivity (Wildman–Crippen MR) is 151 cm³/mol. The summed E-state index contributed by atoms with van der Waals surface area (Å²) in [6.45, 7) is 1.48. The zero-order chi connectivity index (χ0) is 28.1. The fourth-order valence-electron chi connectivity index (χ4n) is 4.11. The van der Waals surface area contributed by atoms with Crippen LogP contribution in [0.2, 0.25) is 0 Å². The van der Waals surface area contributed by atoms with Gasteiger partial charge >= 0.3 is 11.9 Å². The Balaban J connectivity index is 1.28. The molecule has 0 fully saturated rings. The number of hydrogen-bond donors (Lipinski definition) is 0. The van der Waals surface area contributed by atoms with Gasteiger partial charge in [0, 0.05) is 16.5 Å². The van der Waals surface area contributed by atoms with Crippen molar-refractivity contribution in [3.8, 4) is 22.8 Å². The molecule has 40 heavy (non-hydrogen) atoms. The number of ketones is 1. The van der Waals surface area contributed by atoms with E-state index >= 15 is 0 Å². The highest BCUT2D eigenvalue weighted by atomic mass is 16.5. The Labute approximate surface area is 231 Å². The van der Waals surface area contributed by atoms with E-state index in [4.69, 9.17) is 14.2 Å². The summed E-state index contributed by atoms with van der Waals surface area (Å²) < 4.78 is 16.0. The molecule has 0 radical (unpaired) electrons. The van der Waals surface area contributed by atoms with Crippen LogP contribution < -0.4 is 9.47 Å². The van der Waals surface area contributed by atoms with Crippen LogP contribution in [0, 0.1) is 6.92 Å². The lowest BCUT2D eigenvalue weighted by Crippen LogP contribution is -2.15. The molecule has 0 saturated carbocycles. The number of methoxy groups -OCH3 is 1. The third kappa shape index (κ3) is 5.89. The van der Waals surface area contributed by atoms with E-state index in [1.54, 1.807) is 31.4 Å². The van der Waals surface area contributed by atoms with Crippen molar-refractivity contribution in [2.75, 3.05) is 13.7 Å². The lowest BCUT2D eigenvalue weighted by atomic mass is 10.0. The van der Waals surface area contributed by atoms with E-state index in [0.29, 0.717) is 44.8 Å². The molecule has 0 aliphatic carbocycles. The molecular weight excluding hydrogens is 506 g/mol. The van der Waals surface area contributed by atoms with Crippen LogP contribution in [0.1, 0.15) is 36.6 Å². The van der Waals surface area contributed by atoms with Crippen molar-refractivity contribution >= 4 is 28.6 Å². The van der Waals surface area contributed by atoms with Gasteiger partial charge in [-0.3, -0.25) is 4.79 Å².